The van der Waals surface area contributed by atoms with Crippen LogP contribution in [0.3, 0.4) is 0 Å². The van der Waals surface area contributed by atoms with Crippen molar-refractivity contribution in [1.29, 1.82) is 0 Å². The van der Waals surface area contributed by atoms with Gasteiger partial charge in [0.1, 0.15) is 5.82 Å². The van der Waals surface area contributed by atoms with Crippen molar-refractivity contribution in [2.75, 3.05) is 5.32 Å². The molecule has 0 atom stereocenters. The van der Waals surface area contributed by atoms with E-state index in [1.54, 1.807) is 0 Å². The smallest absolute Gasteiger partial charge is 0.337 e. The Balaban J connectivity index is 1.85. The number of carbonyl (C=O) groups excluding carboxylic acids is 1. The summed E-state index contributed by atoms with van der Waals surface area (Å²) >= 11 is 5.94. The highest BCUT2D eigenvalue weighted by atomic mass is 35.5. The third-order valence-corrected chi connectivity index (χ3v) is 3.47. The summed E-state index contributed by atoms with van der Waals surface area (Å²) in [7, 11) is 0. The number of amides is 1. The van der Waals surface area contributed by atoms with E-state index in [0.29, 0.717) is 11.7 Å². The van der Waals surface area contributed by atoms with Crippen LogP contribution in [0.2, 0.25) is 5.02 Å². The van der Waals surface area contributed by atoms with Crippen molar-refractivity contribution in [3.63, 3.8) is 0 Å². The second-order valence-corrected chi connectivity index (χ2v) is 5.15. The lowest BCUT2D eigenvalue weighted by Crippen LogP contribution is -2.16. The zero-order valence-electron chi connectivity index (χ0n) is 10.8. The molecule has 0 aliphatic heterocycles. The number of aromatic amines is 1. The number of aromatic carboxylic acids is 1. The number of halogens is 1. The number of anilines is 1. The van der Waals surface area contributed by atoms with E-state index in [9.17, 15) is 9.59 Å². The van der Waals surface area contributed by atoms with Crippen LogP contribution in [0.4, 0.5) is 5.69 Å². The van der Waals surface area contributed by atoms with Crippen molar-refractivity contribution < 1.29 is 14.7 Å². The number of hydrogen-bond acceptors (Lipinski definition) is 4. The van der Waals surface area contributed by atoms with Gasteiger partial charge in [-0.3, -0.25) is 9.89 Å². The predicted octanol–water partition coefficient (Wildman–Crippen LogP) is 2.29. The van der Waals surface area contributed by atoms with E-state index in [0.717, 1.165) is 12.8 Å². The number of H-pyrrole nitrogens is 1. The average molecular weight is 307 g/mol. The lowest BCUT2D eigenvalue weighted by Gasteiger charge is -2.08. The Morgan fingerprint density at radius 2 is 2.14 bits per heavy atom. The quantitative estimate of drug-likeness (QED) is 0.803. The largest absolute Gasteiger partial charge is 0.478 e. The van der Waals surface area contributed by atoms with Crippen LogP contribution in [-0.4, -0.2) is 32.2 Å². The summed E-state index contributed by atoms with van der Waals surface area (Å²) in [5, 5.41) is 18.3. The zero-order valence-corrected chi connectivity index (χ0v) is 11.5. The third kappa shape index (κ3) is 2.73. The molecule has 1 aliphatic carbocycles. The molecule has 0 unspecified atom stereocenters. The SMILES string of the molecule is O=C(Nc1c(Cl)cccc1C(=O)O)c1n[nH]c(C2CC2)n1. The van der Waals surface area contributed by atoms with Gasteiger partial charge in [0.2, 0.25) is 5.82 Å². The number of carboxylic acid groups (broad SMARTS) is 1. The Morgan fingerprint density at radius 1 is 1.38 bits per heavy atom. The number of benzene rings is 1. The highest BCUT2D eigenvalue weighted by Crippen LogP contribution is 2.37. The number of carbonyl (C=O) groups is 2. The summed E-state index contributed by atoms with van der Waals surface area (Å²) in [6.45, 7) is 0. The molecule has 21 heavy (non-hydrogen) atoms. The molecule has 1 saturated carbocycles. The van der Waals surface area contributed by atoms with Crippen molar-refractivity contribution >= 4 is 29.2 Å². The molecule has 1 heterocycles. The molecule has 0 saturated heterocycles. The molecule has 1 aliphatic rings. The number of aromatic nitrogens is 3. The molecule has 1 aromatic heterocycles. The lowest BCUT2D eigenvalue weighted by molar-refractivity contribution is 0.0698. The summed E-state index contributed by atoms with van der Waals surface area (Å²) in [6, 6.07) is 4.36. The normalized spacial score (nSPS) is 14.0. The Morgan fingerprint density at radius 3 is 2.81 bits per heavy atom. The van der Waals surface area contributed by atoms with Gasteiger partial charge in [0.25, 0.3) is 5.91 Å². The van der Waals surface area contributed by atoms with E-state index in [-0.39, 0.29) is 22.1 Å². The van der Waals surface area contributed by atoms with E-state index >= 15 is 0 Å². The third-order valence-electron chi connectivity index (χ3n) is 3.15. The molecule has 0 radical (unpaired) electrons. The van der Waals surface area contributed by atoms with E-state index in [1.165, 1.54) is 18.2 Å². The van der Waals surface area contributed by atoms with Gasteiger partial charge >= 0.3 is 5.97 Å². The molecule has 0 bridgehead atoms. The molecular formula is C13H11ClN4O3. The summed E-state index contributed by atoms with van der Waals surface area (Å²) in [6.07, 6.45) is 2.06. The first-order valence-corrected chi connectivity index (χ1v) is 6.69. The summed E-state index contributed by atoms with van der Waals surface area (Å²) in [5.74, 6) is -0.796. The molecule has 2 aromatic rings. The lowest BCUT2D eigenvalue weighted by atomic mass is 10.2. The fourth-order valence-corrected chi connectivity index (χ4v) is 2.14. The van der Waals surface area contributed by atoms with Crippen molar-refractivity contribution in [1.82, 2.24) is 15.2 Å². The Bertz CT molecular complexity index is 724. The highest BCUT2D eigenvalue weighted by Gasteiger charge is 2.28. The minimum absolute atomic E-state index is 0.0341. The molecule has 3 rings (SSSR count). The van der Waals surface area contributed by atoms with Gasteiger partial charge in [0, 0.05) is 5.92 Å². The highest BCUT2D eigenvalue weighted by molar-refractivity contribution is 6.34. The fourth-order valence-electron chi connectivity index (χ4n) is 1.91. The van der Waals surface area contributed by atoms with Crippen LogP contribution in [0.5, 0.6) is 0 Å². The van der Waals surface area contributed by atoms with Crippen molar-refractivity contribution in [3.8, 4) is 0 Å². The number of para-hydroxylation sites is 1. The van der Waals surface area contributed by atoms with Crippen LogP contribution in [0.1, 0.15) is 45.6 Å². The van der Waals surface area contributed by atoms with E-state index in [2.05, 4.69) is 20.5 Å². The maximum Gasteiger partial charge on any atom is 0.337 e. The van der Waals surface area contributed by atoms with Crippen molar-refractivity contribution in [3.05, 3.63) is 40.4 Å². The van der Waals surface area contributed by atoms with Gasteiger partial charge < -0.3 is 10.4 Å². The zero-order chi connectivity index (χ0) is 15.0. The maximum absolute atomic E-state index is 12.1. The first-order valence-electron chi connectivity index (χ1n) is 6.31. The first kappa shape index (κ1) is 13.6. The van der Waals surface area contributed by atoms with Crippen LogP contribution >= 0.6 is 11.6 Å². The average Bonchev–Trinajstić information content (AvgIpc) is 3.18. The van der Waals surface area contributed by atoms with Crippen molar-refractivity contribution in [2.24, 2.45) is 0 Å². The molecule has 1 amide bonds. The fraction of sp³-hybridized carbons (Fsp3) is 0.231. The molecule has 3 N–H and O–H groups in total. The Kier molecular flexibility index (Phi) is 3.34. The minimum Gasteiger partial charge on any atom is -0.478 e. The molecule has 1 fully saturated rings. The number of rotatable bonds is 4. The van der Waals surface area contributed by atoms with Crippen LogP contribution in [0.25, 0.3) is 0 Å². The van der Waals surface area contributed by atoms with Gasteiger partial charge in [-0.05, 0) is 25.0 Å². The number of nitrogens with zero attached hydrogens (tertiary/aromatic N) is 2. The maximum atomic E-state index is 12.1. The van der Waals surface area contributed by atoms with E-state index < -0.39 is 11.9 Å². The summed E-state index contributed by atoms with van der Waals surface area (Å²) in [4.78, 5) is 27.3. The van der Waals surface area contributed by atoms with Crippen LogP contribution in [0.15, 0.2) is 18.2 Å². The van der Waals surface area contributed by atoms with Crippen molar-refractivity contribution in [2.45, 2.75) is 18.8 Å². The van der Waals surface area contributed by atoms with Crippen LogP contribution < -0.4 is 5.32 Å². The second kappa shape index (κ2) is 5.17. The monoisotopic (exact) mass is 306 g/mol. The molecule has 8 heteroatoms. The molecule has 1 aromatic carbocycles. The topological polar surface area (TPSA) is 108 Å². The number of hydrogen-bond donors (Lipinski definition) is 3. The summed E-state index contributed by atoms with van der Waals surface area (Å²) in [5.41, 5.74) is -0.0526. The van der Waals surface area contributed by atoms with E-state index in [4.69, 9.17) is 16.7 Å². The van der Waals surface area contributed by atoms with Gasteiger partial charge in [-0.25, -0.2) is 9.78 Å². The van der Waals surface area contributed by atoms with Gasteiger partial charge in [-0.2, -0.15) is 0 Å². The van der Waals surface area contributed by atoms with E-state index in [1.807, 2.05) is 0 Å². The molecule has 108 valence electrons. The number of carboxylic acids is 1. The first-order chi connectivity index (χ1) is 10.1. The van der Waals surface area contributed by atoms with Crippen LogP contribution in [-0.2, 0) is 0 Å². The molecule has 7 nitrogen and oxygen atoms in total. The minimum atomic E-state index is -1.18. The molecule has 0 spiro atoms. The summed E-state index contributed by atoms with van der Waals surface area (Å²) < 4.78 is 0. The Hall–Kier alpha value is -2.41. The standard InChI is InChI=1S/C13H11ClN4O3/c14-8-3-1-2-7(13(20)21)9(8)15-12(19)11-16-10(17-18-11)6-4-5-6/h1-3,6H,4-5H2,(H,15,19)(H,20,21)(H,16,17,18). The van der Waals surface area contributed by atoms with Gasteiger partial charge in [0.05, 0.1) is 16.3 Å². The number of nitrogens with one attached hydrogen (secondary N) is 2. The van der Waals surface area contributed by atoms with Gasteiger partial charge in [-0.1, -0.05) is 17.7 Å². The second-order valence-electron chi connectivity index (χ2n) is 4.74. The Labute approximate surface area is 124 Å². The van der Waals surface area contributed by atoms with Gasteiger partial charge in [0.15, 0.2) is 0 Å². The van der Waals surface area contributed by atoms with Crippen LogP contribution in [0, 0.1) is 0 Å². The predicted molar refractivity (Wildman–Crippen MR) is 74.7 cm³/mol. The van der Waals surface area contributed by atoms with Gasteiger partial charge in [-0.15, -0.1) is 5.10 Å². The molecular weight excluding hydrogens is 296 g/mol.